The minimum atomic E-state index is -4.54. The largest absolute Gasteiger partial charge is 0.476 e. The molecule has 0 aliphatic heterocycles. The predicted octanol–water partition coefficient (Wildman–Crippen LogP) is 3.90. The molecule has 2 aromatic heterocycles. The van der Waals surface area contributed by atoms with Crippen LogP contribution in [0.1, 0.15) is 16.1 Å². The van der Waals surface area contributed by atoms with E-state index in [1.165, 1.54) is 24.4 Å². The van der Waals surface area contributed by atoms with Gasteiger partial charge < -0.3 is 5.11 Å². The summed E-state index contributed by atoms with van der Waals surface area (Å²) in [6, 6.07) is 6.25. The first kappa shape index (κ1) is 15.5. The maximum absolute atomic E-state index is 13.0. The highest BCUT2D eigenvalue weighted by molar-refractivity contribution is 9.10. The molecule has 0 spiro atoms. The van der Waals surface area contributed by atoms with Crippen molar-refractivity contribution in [1.82, 2.24) is 14.8 Å². The zero-order valence-corrected chi connectivity index (χ0v) is 12.8. The van der Waals surface area contributed by atoms with Gasteiger partial charge in [-0.3, -0.25) is 0 Å². The molecule has 0 atom stereocenters. The molecule has 3 rings (SSSR count). The van der Waals surface area contributed by atoms with Gasteiger partial charge in [0.15, 0.2) is 11.3 Å². The predicted molar refractivity (Wildman–Crippen MR) is 78.5 cm³/mol. The Morgan fingerprint density at radius 1 is 1.26 bits per heavy atom. The average Bonchev–Trinajstić information content (AvgIpc) is 2.85. The molecule has 0 amide bonds. The molecule has 0 saturated heterocycles. The van der Waals surface area contributed by atoms with Crippen LogP contribution in [0.2, 0.25) is 0 Å². The van der Waals surface area contributed by atoms with E-state index in [2.05, 4.69) is 26.0 Å². The van der Waals surface area contributed by atoms with Gasteiger partial charge in [-0.2, -0.15) is 18.3 Å². The van der Waals surface area contributed by atoms with Crippen molar-refractivity contribution in [2.24, 2.45) is 0 Å². The molecular formula is C14H7BrF3N3O2. The van der Waals surface area contributed by atoms with Gasteiger partial charge in [0.25, 0.3) is 0 Å². The normalized spacial score (nSPS) is 11.8. The molecule has 3 aromatic rings. The zero-order chi connectivity index (χ0) is 16.8. The molecule has 2 heterocycles. The van der Waals surface area contributed by atoms with Crippen molar-refractivity contribution in [3.8, 4) is 5.69 Å². The number of nitrogens with zero attached hydrogens (tertiary/aromatic N) is 3. The second kappa shape index (κ2) is 5.34. The van der Waals surface area contributed by atoms with Crippen molar-refractivity contribution in [1.29, 1.82) is 0 Å². The van der Waals surface area contributed by atoms with E-state index in [0.29, 0.717) is 0 Å². The third kappa shape index (κ3) is 2.79. The lowest BCUT2D eigenvalue weighted by Gasteiger charge is -2.10. The Morgan fingerprint density at radius 3 is 2.65 bits per heavy atom. The summed E-state index contributed by atoms with van der Waals surface area (Å²) in [5.41, 5.74) is -0.931. The van der Waals surface area contributed by atoms with Gasteiger partial charge in [0.05, 0.1) is 16.6 Å². The molecule has 1 aromatic carbocycles. The fraction of sp³-hybridized carbons (Fsp3) is 0.0714. The van der Waals surface area contributed by atoms with E-state index in [0.717, 1.165) is 16.8 Å². The standard InChI is InChI=1S/C14H7BrF3N3O2/c15-8-4-7(14(16,17)18)5-9(6-8)21-12-10(2-1-3-19-12)11(20-21)13(22)23/h1-6H,(H,22,23). The Hall–Kier alpha value is -2.42. The van der Waals surface area contributed by atoms with Crippen LogP contribution < -0.4 is 0 Å². The fourth-order valence-corrected chi connectivity index (χ4v) is 2.63. The van der Waals surface area contributed by atoms with E-state index in [1.54, 1.807) is 0 Å². The Bertz CT molecular complexity index is 921. The molecule has 0 fully saturated rings. The smallest absolute Gasteiger partial charge is 0.416 e. The molecule has 0 aliphatic carbocycles. The SMILES string of the molecule is O=C(O)c1nn(-c2cc(Br)cc(C(F)(F)F)c2)c2ncccc12. The van der Waals surface area contributed by atoms with Gasteiger partial charge in [0, 0.05) is 10.7 Å². The number of alkyl halides is 3. The number of fused-ring (bicyclic) bond motifs is 1. The Labute approximate surface area is 135 Å². The van der Waals surface area contributed by atoms with Gasteiger partial charge in [0.1, 0.15) is 0 Å². The molecule has 0 aliphatic rings. The van der Waals surface area contributed by atoms with Crippen LogP contribution in [0, 0.1) is 0 Å². The summed E-state index contributed by atoms with van der Waals surface area (Å²) in [6.45, 7) is 0. The van der Waals surface area contributed by atoms with Crippen LogP contribution in [0.3, 0.4) is 0 Å². The molecular weight excluding hydrogens is 379 g/mol. The second-order valence-corrected chi connectivity index (χ2v) is 5.55. The van der Waals surface area contributed by atoms with Gasteiger partial charge in [-0.25, -0.2) is 14.5 Å². The fourth-order valence-electron chi connectivity index (χ4n) is 2.15. The molecule has 118 valence electrons. The molecule has 5 nitrogen and oxygen atoms in total. The van der Waals surface area contributed by atoms with Crippen LogP contribution >= 0.6 is 15.9 Å². The van der Waals surface area contributed by atoms with Gasteiger partial charge >= 0.3 is 12.1 Å². The number of pyridine rings is 1. The summed E-state index contributed by atoms with van der Waals surface area (Å²) in [4.78, 5) is 15.3. The third-order valence-electron chi connectivity index (χ3n) is 3.10. The topological polar surface area (TPSA) is 68.0 Å². The Balaban J connectivity index is 2.29. The number of rotatable bonds is 2. The van der Waals surface area contributed by atoms with Crippen molar-refractivity contribution in [3.63, 3.8) is 0 Å². The molecule has 1 N–H and O–H groups in total. The number of carboxylic acid groups (broad SMARTS) is 1. The zero-order valence-electron chi connectivity index (χ0n) is 11.2. The summed E-state index contributed by atoms with van der Waals surface area (Å²) in [7, 11) is 0. The number of hydrogen-bond acceptors (Lipinski definition) is 3. The monoisotopic (exact) mass is 385 g/mol. The molecule has 0 saturated carbocycles. The van der Waals surface area contributed by atoms with Crippen molar-refractivity contribution >= 4 is 32.9 Å². The van der Waals surface area contributed by atoms with E-state index in [9.17, 15) is 23.1 Å². The van der Waals surface area contributed by atoms with E-state index in [-0.39, 0.29) is 26.9 Å². The van der Waals surface area contributed by atoms with Gasteiger partial charge in [-0.1, -0.05) is 15.9 Å². The minimum absolute atomic E-state index is 0.0582. The maximum Gasteiger partial charge on any atom is 0.416 e. The molecule has 9 heteroatoms. The lowest BCUT2D eigenvalue weighted by Crippen LogP contribution is -2.08. The number of aromatic nitrogens is 3. The Kier molecular flexibility index (Phi) is 3.59. The highest BCUT2D eigenvalue weighted by Gasteiger charge is 2.31. The number of hydrogen-bond donors (Lipinski definition) is 1. The number of carboxylic acids is 1. The van der Waals surface area contributed by atoms with Crippen LogP contribution in [0.4, 0.5) is 13.2 Å². The lowest BCUT2D eigenvalue weighted by atomic mass is 10.2. The highest BCUT2D eigenvalue weighted by atomic mass is 79.9. The molecule has 0 radical (unpaired) electrons. The highest BCUT2D eigenvalue weighted by Crippen LogP contribution is 2.33. The van der Waals surface area contributed by atoms with Gasteiger partial charge in [0.2, 0.25) is 0 Å². The van der Waals surface area contributed by atoms with Crippen LogP contribution in [-0.4, -0.2) is 25.8 Å². The van der Waals surface area contributed by atoms with E-state index in [4.69, 9.17) is 0 Å². The first-order valence-corrected chi connectivity index (χ1v) is 7.02. The van der Waals surface area contributed by atoms with Crippen molar-refractivity contribution in [2.75, 3.05) is 0 Å². The second-order valence-electron chi connectivity index (χ2n) is 4.64. The van der Waals surface area contributed by atoms with Crippen LogP contribution in [0.15, 0.2) is 41.0 Å². The van der Waals surface area contributed by atoms with E-state index < -0.39 is 17.7 Å². The van der Waals surface area contributed by atoms with Crippen molar-refractivity contribution in [2.45, 2.75) is 6.18 Å². The summed E-state index contributed by atoms with van der Waals surface area (Å²) >= 11 is 3.02. The number of benzene rings is 1. The van der Waals surface area contributed by atoms with Crippen molar-refractivity contribution in [3.05, 3.63) is 52.3 Å². The molecule has 0 bridgehead atoms. The van der Waals surface area contributed by atoms with Gasteiger partial charge in [-0.15, -0.1) is 0 Å². The first-order chi connectivity index (χ1) is 10.8. The van der Waals surface area contributed by atoms with Crippen molar-refractivity contribution < 1.29 is 23.1 Å². The van der Waals surface area contributed by atoms with E-state index in [1.807, 2.05) is 0 Å². The summed E-state index contributed by atoms with van der Waals surface area (Å²) in [6.07, 6.45) is -3.13. The quantitative estimate of drug-likeness (QED) is 0.726. The maximum atomic E-state index is 13.0. The Morgan fingerprint density at radius 2 is 2.00 bits per heavy atom. The number of halogens is 4. The summed E-state index contributed by atoms with van der Waals surface area (Å²) < 4.78 is 40.1. The lowest BCUT2D eigenvalue weighted by molar-refractivity contribution is -0.137. The molecule has 0 unspecified atom stereocenters. The van der Waals surface area contributed by atoms with Crippen LogP contribution in [0.5, 0.6) is 0 Å². The summed E-state index contributed by atoms with van der Waals surface area (Å²) in [5, 5.41) is 13.3. The van der Waals surface area contributed by atoms with Crippen LogP contribution in [-0.2, 0) is 6.18 Å². The van der Waals surface area contributed by atoms with Crippen LogP contribution in [0.25, 0.3) is 16.7 Å². The number of carbonyl (C=O) groups is 1. The molecule has 23 heavy (non-hydrogen) atoms. The average molecular weight is 386 g/mol. The summed E-state index contributed by atoms with van der Waals surface area (Å²) in [5.74, 6) is -1.28. The van der Waals surface area contributed by atoms with Gasteiger partial charge in [-0.05, 0) is 30.3 Å². The number of aromatic carboxylic acids is 1. The van der Waals surface area contributed by atoms with E-state index >= 15 is 0 Å². The minimum Gasteiger partial charge on any atom is -0.476 e. The first-order valence-electron chi connectivity index (χ1n) is 6.22. The third-order valence-corrected chi connectivity index (χ3v) is 3.56.